The van der Waals surface area contributed by atoms with Gasteiger partial charge in [0.25, 0.3) is 0 Å². The maximum atomic E-state index is 4.81. The van der Waals surface area contributed by atoms with Crippen molar-refractivity contribution >= 4 is 17.0 Å². The van der Waals surface area contributed by atoms with Crippen LogP contribution in [0.1, 0.15) is 26.2 Å². The number of hydrogen-bond donors (Lipinski definition) is 1. The van der Waals surface area contributed by atoms with E-state index in [4.69, 9.17) is 4.98 Å². The first kappa shape index (κ1) is 13.4. The Kier molecular flexibility index (Phi) is 3.92. The van der Waals surface area contributed by atoms with Crippen LogP contribution in [0.15, 0.2) is 24.3 Å². The zero-order chi connectivity index (χ0) is 13.9. The van der Waals surface area contributed by atoms with E-state index in [1.165, 1.54) is 24.8 Å². The number of rotatable bonds is 4. The highest BCUT2D eigenvalue weighted by Crippen LogP contribution is 2.21. The van der Waals surface area contributed by atoms with Gasteiger partial charge < -0.3 is 14.8 Å². The van der Waals surface area contributed by atoms with Gasteiger partial charge in [-0.05, 0) is 38.4 Å². The second kappa shape index (κ2) is 5.83. The van der Waals surface area contributed by atoms with Crippen molar-refractivity contribution in [1.29, 1.82) is 0 Å². The molecule has 2 heterocycles. The number of nitrogens with zero attached hydrogens (tertiary/aromatic N) is 3. The van der Waals surface area contributed by atoms with Crippen molar-refractivity contribution in [3.05, 3.63) is 24.3 Å². The fourth-order valence-electron chi connectivity index (χ4n) is 3.11. The molecule has 20 heavy (non-hydrogen) atoms. The summed E-state index contributed by atoms with van der Waals surface area (Å²) in [7, 11) is 2.11. The van der Waals surface area contributed by atoms with Crippen LogP contribution in [0.4, 0.5) is 5.95 Å². The molecule has 1 saturated heterocycles. The van der Waals surface area contributed by atoms with Crippen molar-refractivity contribution in [2.45, 2.75) is 32.2 Å². The highest BCUT2D eigenvalue weighted by atomic mass is 15.3. The van der Waals surface area contributed by atoms with E-state index in [9.17, 15) is 0 Å². The van der Waals surface area contributed by atoms with E-state index >= 15 is 0 Å². The predicted octanol–water partition coefficient (Wildman–Crippen LogP) is 2.54. The van der Waals surface area contributed by atoms with Crippen molar-refractivity contribution in [2.75, 3.05) is 24.5 Å². The van der Waals surface area contributed by atoms with Crippen LogP contribution in [0.5, 0.6) is 0 Å². The van der Waals surface area contributed by atoms with Crippen molar-refractivity contribution in [2.24, 2.45) is 7.05 Å². The molecule has 4 nitrogen and oxygen atoms in total. The van der Waals surface area contributed by atoms with Crippen LogP contribution in [0, 0.1) is 0 Å². The maximum absolute atomic E-state index is 4.81. The molecule has 0 saturated carbocycles. The van der Waals surface area contributed by atoms with Gasteiger partial charge >= 0.3 is 0 Å². The highest BCUT2D eigenvalue weighted by Gasteiger charge is 2.19. The Balaban J connectivity index is 1.84. The molecule has 1 aromatic heterocycles. The molecule has 0 spiro atoms. The molecule has 1 atom stereocenters. The molecule has 2 aromatic rings. The number of likely N-dealkylation sites (N-methyl/N-ethyl adjacent to an activating group) is 1. The van der Waals surface area contributed by atoms with Crippen molar-refractivity contribution in [3.63, 3.8) is 0 Å². The van der Waals surface area contributed by atoms with Gasteiger partial charge in [-0.3, -0.25) is 0 Å². The van der Waals surface area contributed by atoms with Gasteiger partial charge in [-0.25, -0.2) is 4.98 Å². The number of hydrogen-bond acceptors (Lipinski definition) is 3. The molecule has 108 valence electrons. The highest BCUT2D eigenvalue weighted by molar-refractivity contribution is 5.78. The molecule has 0 aliphatic carbocycles. The third-order valence-electron chi connectivity index (χ3n) is 4.28. The number of piperidine rings is 1. The lowest BCUT2D eigenvalue weighted by atomic mass is 10.0. The Hall–Kier alpha value is -1.55. The molecule has 0 amide bonds. The second-order valence-electron chi connectivity index (χ2n) is 5.65. The number of nitrogens with one attached hydrogen (secondary N) is 1. The first-order valence-corrected chi connectivity index (χ1v) is 7.69. The summed E-state index contributed by atoms with van der Waals surface area (Å²) in [5.74, 6) is 1.08. The number of benzene rings is 1. The molecule has 1 aliphatic rings. The standard InChI is InChI=1S/C16H24N4/c1-3-20(12-13-8-6-7-11-17-13)16-18-14-9-4-5-10-15(14)19(16)2/h4-5,9-10,13,17H,3,6-8,11-12H2,1-2H3. The lowest BCUT2D eigenvalue weighted by molar-refractivity contribution is 0.398. The summed E-state index contributed by atoms with van der Waals surface area (Å²) in [5, 5.41) is 3.63. The average Bonchev–Trinajstić information content (AvgIpc) is 2.83. The number of imidazole rings is 1. The van der Waals surface area contributed by atoms with E-state index in [0.29, 0.717) is 6.04 Å². The molecular weight excluding hydrogens is 248 g/mol. The van der Waals surface area contributed by atoms with E-state index in [-0.39, 0.29) is 0 Å². The first-order valence-electron chi connectivity index (χ1n) is 7.69. The van der Waals surface area contributed by atoms with Crippen LogP contribution in [0.3, 0.4) is 0 Å². The van der Waals surface area contributed by atoms with Crippen LogP contribution in [0.2, 0.25) is 0 Å². The summed E-state index contributed by atoms with van der Waals surface area (Å²) in [6.45, 7) is 5.41. The van der Waals surface area contributed by atoms with Gasteiger partial charge in [0.15, 0.2) is 0 Å². The average molecular weight is 272 g/mol. The Labute approximate surface area is 120 Å². The Morgan fingerprint density at radius 3 is 2.90 bits per heavy atom. The summed E-state index contributed by atoms with van der Waals surface area (Å²) >= 11 is 0. The van der Waals surface area contributed by atoms with Crippen molar-refractivity contribution in [1.82, 2.24) is 14.9 Å². The van der Waals surface area contributed by atoms with E-state index in [1.54, 1.807) is 0 Å². The van der Waals surface area contributed by atoms with Gasteiger partial charge in [-0.15, -0.1) is 0 Å². The molecule has 1 aliphatic heterocycles. The number of para-hydroxylation sites is 2. The quantitative estimate of drug-likeness (QED) is 0.928. The van der Waals surface area contributed by atoms with Crippen LogP contribution < -0.4 is 10.2 Å². The van der Waals surface area contributed by atoms with Crippen molar-refractivity contribution < 1.29 is 0 Å². The summed E-state index contributed by atoms with van der Waals surface area (Å²) in [6.07, 6.45) is 3.94. The lowest BCUT2D eigenvalue weighted by Crippen LogP contribution is -2.44. The van der Waals surface area contributed by atoms with Crippen LogP contribution in [-0.4, -0.2) is 35.2 Å². The Morgan fingerprint density at radius 2 is 2.20 bits per heavy atom. The molecular formula is C16H24N4. The van der Waals surface area contributed by atoms with E-state index < -0.39 is 0 Å². The number of aromatic nitrogens is 2. The summed E-state index contributed by atoms with van der Waals surface area (Å²) in [5.41, 5.74) is 2.29. The SMILES string of the molecule is CCN(CC1CCCCN1)c1nc2ccccc2n1C. The minimum atomic E-state index is 0.600. The monoisotopic (exact) mass is 272 g/mol. The minimum Gasteiger partial charge on any atom is -0.341 e. The van der Waals surface area contributed by atoms with Crippen LogP contribution in [-0.2, 0) is 7.05 Å². The molecule has 4 heteroatoms. The fraction of sp³-hybridized carbons (Fsp3) is 0.562. The molecule has 1 unspecified atom stereocenters. The molecule has 1 fully saturated rings. The van der Waals surface area contributed by atoms with Crippen LogP contribution in [0.25, 0.3) is 11.0 Å². The predicted molar refractivity (Wildman–Crippen MR) is 84.2 cm³/mol. The summed E-state index contributed by atoms with van der Waals surface area (Å²) < 4.78 is 2.21. The van der Waals surface area contributed by atoms with E-state index in [1.807, 2.05) is 0 Å². The van der Waals surface area contributed by atoms with E-state index in [2.05, 4.69) is 53.0 Å². The fourth-order valence-corrected chi connectivity index (χ4v) is 3.11. The summed E-state index contributed by atoms with van der Waals surface area (Å²) in [4.78, 5) is 7.20. The normalized spacial score (nSPS) is 19.4. The minimum absolute atomic E-state index is 0.600. The largest absolute Gasteiger partial charge is 0.341 e. The molecule has 0 bridgehead atoms. The van der Waals surface area contributed by atoms with Gasteiger partial charge in [0.2, 0.25) is 5.95 Å². The lowest BCUT2D eigenvalue weighted by Gasteiger charge is -2.30. The van der Waals surface area contributed by atoms with Crippen LogP contribution >= 0.6 is 0 Å². The first-order chi connectivity index (χ1) is 9.79. The Morgan fingerprint density at radius 1 is 1.35 bits per heavy atom. The zero-order valence-corrected chi connectivity index (χ0v) is 12.5. The summed E-state index contributed by atoms with van der Waals surface area (Å²) in [6, 6.07) is 8.96. The van der Waals surface area contributed by atoms with E-state index in [0.717, 1.165) is 31.1 Å². The smallest absolute Gasteiger partial charge is 0.206 e. The number of anilines is 1. The van der Waals surface area contributed by atoms with Gasteiger partial charge in [0.05, 0.1) is 11.0 Å². The van der Waals surface area contributed by atoms with Crippen molar-refractivity contribution in [3.8, 4) is 0 Å². The third-order valence-corrected chi connectivity index (χ3v) is 4.28. The Bertz CT molecular complexity index is 569. The number of aryl methyl sites for hydroxylation is 1. The number of fused-ring (bicyclic) bond motifs is 1. The van der Waals surface area contributed by atoms with Gasteiger partial charge in [0, 0.05) is 26.2 Å². The topological polar surface area (TPSA) is 33.1 Å². The molecule has 3 rings (SSSR count). The van der Waals surface area contributed by atoms with Gasteiger partial charge in [-0.1, -0.05) is 18.6 Å². The van der Waals surface area contributed by atoms with Gasteiger partial charge in [0.1, 0.15) is 0 Å². The third kappa shape index (κ3) is 2.52. The maximum Gasteiger partial charge on any atom is 0.206 e. The molecule has 0 radical (unpaired) electrons. The zero-order valence-electron chi connectivity index (χ0n) is 12.5. The molecule has 1 aromatic carbocycles. The second-order valence-corrected chi connectivity index (χ2v) is 5.65. The molecule has 1 N–H and O–H groups in total. The van der Waals surface area contributed by atoms with Gasteiger partial charge in [-0.2, -0.15) is 0 Å².